The average Bonchev–Trinajstić information content (AvgIpc) is 2.31. The van der Waals surface area contributed by atoms with E-state index in [2.05, 4.69) is 4.90 Å². The summed E-state index contributed by atoms with van der Waals surface area (Å²) in [4.78, 5) is 2.31. The first-order valence-electron chi connectivity index (χ1n) is 6.12. The maximum atomic E-state index is 5.99. The number of benzene rings is 1. The van der Waals surface area contributed by atoms with E-state index in [0.717, 1.165) is 43.9 Å². The van der Waals surface area contributed by atoms with E-state index < -0.39 is 0 Å². The molecule has 1 aliphatic rings. The van der Waals surface area contributed by atoms with Gasteiger partial charge in [0, 0.05) is 24.7 Å². The molecule has 1 aromatic carbocycles. The van der Waals surface area contributed by atoms with Gasteiger partial charge in [-0.2, -0.15) is 0 Å². The number of nitrogens with zero attached hydrogens (tertiary/aromatic N) is 1. The normalized spacial score (nSPS) is 17.4. The SMILES string of the molecule is CCOC1CCN(c2ccc(Cl)cc2N)CC1. The van der Waals surface area contributed by atoms with Gasteiger partial charge in [0.25, 0.3) is 0 Å². The van der Waals surface area contributed by atoms with Crippen molar-refractivity contribution in [3.63, 3.8) is 0 Å². The highest BCUT2D eigenvalue weighted by Crippen LogP contribution is 2.29. The molecule has 0 radical (unpaired) electrons. The first-order valence-corrected chi connectivity index (χ1v) is 6.50. The summed E-state index contributed by atoms with van der Waals surface area (Å²) in [6.07, 6.45) is 2.54. The van der Waals surface area contributed by atoms with Crippen LogP contribution in [-0.4, -0.2) is 25.8 Å². The Bertz CT molecular complexity index is 376. The van der Waals surface area contributed by atoms with E-state index in [4.69, 9.17) is 22.1 Å². The summed E-state index contributed by atoms with van der Waals surface area (Å²) in [5, 5.41) is 0.690. The zero-order valence-corrected chi connectivity index (χ0v) is 10.9. The molecule has 0 amide bonds. The fraction of sp³-hybridized carbons (Fsp3) is 0.538. The number of ether oxygens (including phenoxy) is 1. The van der Waals surface area contributed by atoms with Crippen molar-refractivity contribution in [2.75, 3.05) is 30.3 Å². The Balaban J connectivity index is 2.00. The van der Waals surface area contributed by atoms with Crippen LogP contribution in [-0.2, 0) is 4.74 Å². The minimum atomic E-state index is 0.407. The molecule has 1 saturated heterocycles. The molecule has 1 aromatic rings. The van der Waals surface area contributed by atoms with Crippen LogP contribution < -0.4 is 10.6 Å². The van der Waals surface area contributed by atoms with E-state index in [-0.39, 0.29) is 0 Å². The second kappa shape index (κ2) is 5.61. The van der Waals surface area contributed by atoms with E-state index >= 15 is 0 Å². The highest BCUT2D eigenvalue weighted by atomic mass is 35.5. The summed E-state index contributed by atoms with van der Waals surface area (Å²) < 4.78 is 5.64. The molecule has 0 aliphatic carbocycles. The molecular formula is C13H19ClN2O. The highest BCUT2D eigenvalue weighted by molar-refractivity contribution is 6.31. The fourth-order valence-electron chi connectivity index (χ4n) is 2.31. The van der Waals surface area contributed by atoms with Crippen LogP contribution in [0.4, 0.5) is 11.4 Å². The molecule has 3 nitrogen and oxygen atoms in total. The largest absolute Gasteiger partial charge is 0.397 e. The van der Waals surface area contributed by atoms with Crippen molar-refractivity contribution < 1.29 is 4.74 Å². The Morgan fingerprint density at radius 2 is 2.12 bits per heavy atom. The molecule has 0 atom stereocenters. The zero-order chi connectivity index (χ0) is 12.3. The van der Waals surface area contributed by atoms with Crippen molar-refractivity contribution in [2.45, 2.75) is 25.9 Å². The zero-order valence-electron chi connectivity index (χ0n) is 10.2. The van der Waals surface area contributed by atoms with Gasteiger partial charge in [0.1, 0.15) is 0 Å². The predicted octanol–water partition coefficient (Wildman–Crippen LogP) is 2.93. The van der Waals surface area contributed by atoms with Crippen LogP contribution in [0.2, 0.25) is 5.02 Å². The third-order valence-electron chi connectivity index (χ3n) is 3.17. The molecule has 1 heterocycles. The minimum Gasteiger partial charge on any atom is -0.397 e. The van der Waals surface area contributed by atoms with Crippen molar-refractivity contribution in [1.82, 2.24) is 0 Å². The molecule has 0 unspecified atom stereocenters. The van der Waals surface area contributed by atoms with Crippen molar-refractivity contribution in [2.24, 2.45) is 0 Å². The number of halogens is 1. The van der Waals surface area contributed by atoms with Gasteiger partial charge in [0.05, 0.1) is 17.5 Å². The van der Waals surface area contributed by atoms with E-state index in [1.807, 2.05) is 25.1 Å². The van der Waals surface area contributed by atoms with E-state index in [9.17, 15) is 0 Å². The number of rotatable bonds is 3. The number of hydrogen-bond donors (Lipinski definition) is 1. The summed E-state index contributed by atoms with van der Waals surface area (Å²) >= 11 is 5.90. The summed E-state index contributed by atoms with van der Waals surface area (Å²) in [5.41, 5.74) is 7.83. The lowest BCUT2D eigenvalue weighted by Gasteiger charge is -2.34. The number of nitrogen functional groups attached to an aromatic ring is 1. The maximum absolute atomic E-state index is 5.99. The van der Waals surface area contributed by atoms with Gasteiger partial charge in [-0.3, -0.25) is 0 Å². The first-order chi connectivity index (χ1) is 8.20. The van der Waals surface area contributed by atoms with Crippen molar-refractivity contribution in [1.29, 1.82) is 0 Å². The van der Waals surface area contributed by atoms with Crippen molar-refractivity contribution >= 4 is 23.0 Å². The smallest absolute Gasteiger partial charge is 0.0608 e. The molecule has 17 heavy (non-hydrogen) atoms. The molecule has 4 heteroatoms. The Hall–Kier alpha value is -0.930. The molecule has 94 valence electrons. The molecule has 0 saturated carbocycles. The van der Waals surface area contributed by atoms with Crippen LogP contribution >= 0.6 is 11.6 Å². The van der Waals surface area contributed by atoms with Gasteiger partial charge in [-0.25, -0.2) is 0 Å². The van der Waals surface area contributed by atoms with Gasteiger partial charge in [0.2, 0.25) is 0 Å². The lowest BCUT2D eigenvalue weighted by Crippen LogP contribution is -2.37. The topological polar surface area (TPSA) is 38.5 Å². The molecule has 2 N–H and O–H groups in total. The van der Waals surface area contributed by atoms with Crippen LogP contribution in [0.15, 0.2) is 18.2 Å². The second-order valence-electron chi connectivity index (χ2n) is 4.34. The van der Waals surface area contributed by atoms with Gasteiger partial charge in [-0.05, 0) is 38.0 Å². The standard InChI is InChI=1S/C13H19ClN2O/c1-2-17-11-5-7-16(8-6-11)13-4-3-10(14)9-12(13)15/h3-4,9,11H,2,5-8,15H2,1H3. The lowest BCUT2D eigenvalue weighted by molar-refractivity contribution is 0.0459. The summed E-state index contributed by atoms with van der Waals surface area (Å²) in [7, 11) is 0. The van der Waals surface area contributed by atoms with Gasteiger partial charge in [-0.1, -0.05) is 11.6 Å². The summed E-state index contributed by atoms with van der Waals surface area (Å²) in [5.74, 6) is 0. The molecule has 2 rings (SSSR count). The number of hydrogen-bond acceptors (Lipinski definition) is 3. The van der Waals surface area contributed by atoms with Crippen LogP contribution in [0.1, 0.15) is 19.8 Å². The average molecular weight is 255 g/mol. The molecular weight excluding hydrogens is 236 g/mol. The maximum Gasteiger partial charge on any atom is 0.0608 e. The van der Waals surface area contributed by atoms with Gasteiger partial charge in [0.15, 0.2) is 0 Å². The van der Waals surface area contributed by atoms with Gasteiger partial charge < -0.3 is 15.4 Å². The van der Waals surface area contributed by atoms with Crippen LogP contribution in [0, 0.1) is 0 Å². The number of nitrogens with two attached hydrogens (primary N) is 1. The molecule has 1 aliphatic heterocycles. The van der Waals surface area contributed by atoms with E-state index in [1.165, 1.54) is 0 Å². The fourth-order valence-corrected chi connectivity index (χ4v) is 2.49. The first kappa shape index (κ1) is 12.5. The van der Waals surface area contributed by atoms with Gasteiger partial charge >= 0.3 is 0 Å². The van der Waals surface area contributed by atoms with Crippen LogP contribution in [0.3, 0.4) is 0 Å². The van der Waals surface area contributed by atoms with Crippen molar-refractivity contribution in [3.05, 3.63) is 23.2 Å². The number of anilines is 2. The molecule has 0 spiro atoms. The van der Waals surface area contributed by atoms with Gasteiger partial charge in [-0.15, -0.1) is 0 Å². The van der Waals surface area contributed by atoms with E-state index in [0.29, 0.717) is 11.1 Å². The molecule has 0 aromatic heterocycles. The Kier molecular flexibility index (Phi) is 4.13. The Labute approximate surface area is 107 Å². The molecule has 1 fully saturated rings. The monoisotopic (exact) mass is 254 g/mol. The van der Waals surface area contributed by atoms with Crippen LogP contribution in [0.25, 0.3) is 0 Å². The molecule has 0 bridgehead atoms. The van der Waals surface area contributed by atoms with Crippen LogP contribution in [0.5, 0.6) is 0 Å². The minimum absolute atomic E-state index is 0.407. The predicted molar refractivity (Wildman–Crippen MR) is 72.7 cm³/mol. The third kappa shape index (κ3) is 3.05. The van der Waals surface area contributed by atoms with Crippen molar-refractivity contribution in [3.8, 4) is 0 Å². The number of piperidine rings is 1. The summed E-state index contributed by atoms with van der Waals surface area (Å²) in [6, 6.07) is 5.70. The second-order valence-corrected chi connectivity index (χ2v) is 4.78. The van der Waals surface area contributed by atoms with E-state index in [1.54, 1.807) is 0 Å². The Morgan fingerprint density at radius 1 is 1.41 bits per heavy atom. The third-order valence-corrected chi connectivity index (χ3v) is 3.41. The quantitative estimate of drug-likeness (QED) is 0.843. The highest BCUT2D eigenvalue weighted by Gasteiger charge is 2.20. The summed E-state index contributed by atoms with van der Waals surface area (Å²) in [6.45, 7) is 4.84. The lowest BCUT2D eigenvalue weighted by atomic mass is 10.1. The Morgan fingerprint density at radius 3 is 2.71 bits per heavy atom.